The van der Waals surface area contributed by atoms with Gasteiger partial charge in [-0.05, 0) is 49.9 Å². The first-order valence-electron chi connectivity index (χ1n) is 10.2. The first-order valence-corrected chi connectivity index (χ1v) is 10.2. The minimum Gasteiger partial charge on any atom is -0.459 e. The van der Waals surface area contributed by atoms with Gasteiger partial charge in [-0.2, -0.15) is 4.98 Å². The molecule has 4 heterocycles. The van der Waals surface area contributed by atoms with Crippen LogP contribution in [0.1, 0.15) is 18.4 Å². The summed E-state index contributed by atoms with van der Waals surface area (Å²) in [5.74, 6) is 1.86. The van der Waals surface area contributed by atoms with Crippen LogP contribution in [0, 0.1) is 12.8 Å². The van der Waals surface area contributed by atoms with Crippen LogP contribution in [0.2, 0.25) is 0 Å². The lowest BCUT2D eigenvalue weighted by Gasteiger charge is -2.32. The van der Waals surface area contributed by atoms with E-state index in [1.165, 1.54) is 0 Å². The SMILES string of the molecule is Cc1cc(=O)[nH]c2cc(Nc3nc(N4CCC(CN)CC4)c4occc4n3)ccc12. The summed E-state index contributed by atoms with van der Waals surface area (Å²) >= 11 is 0. The number of benzene rings is 1. The number of nitrogens with two attached hydrogens (primary N) is 1. The maximum Gasteiger partial charge on any atom is 0.248 e. The number of rotatable bonds is 4. The van der Waals surface area contributed by atoms with Crippen LogP contribution in [0.4, 0.5) is 17.5 Å². The molecular weight excluding hydrogens is 380 g/mol. The number of H-pyrrole nitrogens is 1. The van der Waals surface area contributed by atoms with E-state index < -0.39 is 0 Å². The molecule has 0 saturated carbocycles. The van der Waals surface area contributed by atoms with Crippen LogP contribution < -0.4 is 21.5 Å². The molecule has 1 saturated heterocycles. The quantitative estimate of drug-likeness (QED) is 0.478. The molecule has 1 fully saturated rings. The van der Waals surface area contributed by atoms with E-state index in [0.717, 1.165) is 66.0 Å². The first-order chi connectivity index (χ1) is 14.6. The lowest BCUT2D eigenvalue weighted by atomic mass is 9.97. The van der Waals surface area contributed by atoms with E-state index in [2.05, 4.69) is 20.2 Å². The Balaban J connectivity index is 1.49. The summed E-state index contributed by atoms with van der Waals surface area (Å²) in [7, 11) is 0. The largest absolute Gasteiger partial charge is 0.459 e. The van der Waals surface area contributed by atoms with E-state index in [-0.39, 0.29) is 5.56 Å². The molecule has 5 rings (SSSR count). The maximum absolute atomic E-state index is 11.8. The van der Waals surface area contributed by atoms with E-state index in [1.807, 2.05) is 31.2 Å². The van der Waals surface area contributed by atoms with E-state index in [0.29, 0.717) is 17.4 Å². The third-order valence-corrected chi connectivity index (χ3v) is 5.84. The van der Waals surface area contributed by atoms with Crippen molar-refractivity contribution in [1.82, 2.24) is 15.0 Å². The number of nitrogens with one attached hydrogen (secondary N) is 2. The van der Waals surface area contributed by atoms with Crippen LogP contribution in [0.5, 0.6) is 0 Å². The molecule has 0 unspecified atom stereocenters. The summed E-state index contributed by atoms with van der Waals surface area (Å²) in [6.45, 7) is 4.44. The van der Waals surface area contributed by atoms with Gasteiger partial charge in [0.25, 0.3) is 0 Å². The van der Waals surface area contributed by atoms with Gasteiger partial charge in [-0.3, -0.25) is 4.79 Å². The highest BCUT2D eigenvalue weighted by Crippen LogP contribution is 2.30. The van der Waals surface area contributed by atoms with Crippen molar-refractivity contribution in [3.05, 3.63) is 52.5 Å². The van der Waals surface area contributed by atoms with Crippen molar-refractivity contribution in [1.29, 1.82) is 0 Å². The summed E-state index contributed by atoms with van der Waals surface area (Å²) < 4.78 is 5.69. The number of furan rings is 1. The molecule has 0 spiro atoms. The summed E-state index contributed by atoms with van der Waals surface area (Å²) in [5, 5.41) is 4.29. The number of piperidine rings is 1. The van der Waals surface area contributed by atoms with E-state index >= 15 is 0 Å². The van der Waals surface area contributed by atoms with Crippen LogP contribution in [0.15, 0.2) is 45.8 Å². The summed E-state index contributed by atoms with van der Waals surface area (Å²) in [6, 6.07) is 9.30. The number of hydrogen-bond donors (Lipinski definition) is 3. The van der Waals surface area contributed by atoms with E-state index in [4.69, 9.17) is 15.1 Å². The van der Waals surface area contributed by atoms with Gasteiger partial charge in [-0.1, -0.05) is 6.07 Å². The predicted octanol–water partition coefficient (Wildman–Crippen LogP) is 3.29. The van der Waals surface area contributed by atoms with Gasteiger partial charge in [0.2, 0.25) is 11.5 Å². The minimum atomic E-state index is -0.114. The van der Waals surface area contributed by atoms with Crippen LogP contribution in [0.25, 0.3) is 22.0 Å². The fourth-order valence-electron chi connectivity index (χ4n) is 4.14. The molecular formula is C22H24N6O2. The fourth-order valence-corrected chi connectivity index (χ4v) is 4.14. The molecule has 3 aromatic heterocycles. The molecule has 154 valence electrons. The average molecular weight is 404 g/mol. The first kappa shape index (κ1) is 18.6. The molecule has 0 radical (unpaired) electrons. The predicted molar refractivity (Wildman–Crippen MR) is 118 cm³/mol. The van der Waals surface area contributed by atoms with Gasteiger partial charge >= 0.3 is 0 Å². The lowest BCUT2D eigenvalue weighted by Crippen LogP contribution is -2.36. The standard InChI is InChI=1S/C22H24N6O2/c1-13-10-19(29)25-18-11-15(2-3-16(13)18)24-22-26-17-6-9-30-20(17)21(27-22)28-7-4-14(12-23)5-8-28/h2-3,6,9-11,14H,4-5,7-8,12,23H2,1H3,(H,25,29)(H,24,26,27). The van der Waals surface area contributed by atoms with Crippen LogP contribution >= 0.6 is 0 Å². The monoisotopic (exact) mass is 404 g/mol. The fraction of sp³-hybridized carbons (Fsp3) is 0.318. The third kappa shape index (κ3) is 3.39. The second kappa shape index (κ2) is 7.46. The zero-order valence-electron chi connectivity index (χ0n) is 16.8. The Hall–Kier alpha value is -3.39. The number of anilines is 3. The molecule has 0 amide bonds. The van der Waals surface area contributed by atoms with Crippen molar-refractivity contribution in [2.45, 2.75) is 19.8 Å². The average Bonchev–Trinajstić information content (AvgIpc) is 3.21. The van der Waals surface area contributed by atoms with Crippen LogP contribution in [0.3, 0.4) is 0 Å². The van der Waals surface area contributed by atoms with Gasteiger partial charge in [-0.15, -0.1) is 0 Å². The second-order valence-electron chi connectivity index (χ2n) is 7.87. The Morgan fingerprint density at radius 2 is 2.07 bits per heavy atom. The highest BCUT2D eigenvalue weighted by atomic mass is 16.3. The Kier molecular flexibility index (Phi) is 4.63. The Morgan fingerprint density at radius 1 is 1.23 bits per heavy atom. The van der Waals surface area contributed by atoms with Gasteiger partial charge in [0.1, 0.15) is 5.52 Å². The van der Waals surface area contributed by atoms with E-state index in [1.54, 1.807) is 12.3 Å². The zero-order valence-corrected chi connectivity index (χ0v) is 16.8. The van der Waals surface area contributed by atoms with Crippen molar-refractivity contribution in [2.24, 2.45) is 11.7 Å². The Bertz CT molecular complexity index is 1270. The zero-order chi connectivity index (χ0) is 20.7. The summed E-state index contributed by atoms with van der Waals surface area (Å²) in [4.78, 5) is 26.3. The van der Waals surface area contributed by atoms with Crippen LogP contribution in [-0.4, -0.2) is 34.6 Å². The number of aryl methyl sites for hydroxylation is 1. The Labute approximate surface area is 173 Å². The van der Waals surface area contributed by atoms with E-state index in [9.17, 15) is 4.79 Å². The Morgan fingerprint density at radius 3 is 2.87 bits per heavy atom. The van der Waals surface area contributed by atoms with Crippen LogP contribution in [-0.2, 0) is 0 Å². The molecule has 0 atom stereocenters. The molecule has 8 nitrogen and oxygen atoms in total. The lowest BCUT2D eigenvalue weighted by molar-refractivity contribution is 0.412. The highest BCUT2D eigenvalue weighted by Gasteiger charge is 2.23. The van der Waals surface area contributed by atoms with Crippen molar-refractivity contribution >= 4 is 39.5 Å². The topological polar surface area (TPSA) is 113 Å². The van der Waals surface area contributed by atoms with Gasteiger partial charge in [0, 0.05) is 36.3 Å². The number of aromatic amines is 1. The third-order valence-electron chi connectivity index (χ3n) is 5.84. The number of aromatic nitrogens is 3. The molecule has 0 aliphatic carbocycles. The maximum atomic E-state index is 11.8. The molecule has 4 aromatic rings. The highest BCUT2D eigenvalue weighted by molar-refractivity contribution is 5.87. The molecule has 8 heteroatoms. The number of pyridine rings is 1. The van der Waals surface area contributed by atoms with Crippen molar-refractivity contribution in [2.75, 3.05) is 29.9 Å². The van der Waals surface area contributed by atoms with Gasteiger partial charge in [0.15, 0.2) is 11.4 Å². The molecule has 1 aliphatic heterocycles. The van der Waals surface area contributed by atoms with Crippen molar-refractivity contribution < 1.29 is 4.42 Å². The van der Waals surface area contributed by atoms with Gasteiger partial charge < -0.3 is 25.4 Å². The molecule has 30 heavy (non-hydrogen) atoms. The second-order valence-corrected chi connectivity index (χ2v) is 7.87. The summed E-state index contributed by atoms with van der Waals surface area (Å²) in [6.07, 6.45) is 3.73. The molecule has 0 bridgehead atoms. The minimum absolute atomic E-state index is 0.114. The number of nitrogens with zero attached hydrogens (tertiary/aromatic N) is 3. The van der Waals surface area contributed by atoms with Crippen molar-refractivity contribution in [3.63, 3.8) is 0 Å². The molecule has 4 N–H and O–H groups in total. The van der Waals surface area contributed by atoms with Gasteiger partial charge in [0.05, 0.1) is 11.8 Å². The molecule has 1 aromatic carbocycles. The smallest absolute Gasteiger partial charge is 0.248 e. The normalized spacial score (nSPS) is 15.2. The number of hydrogen-bond acceptors (Lipinski definition) is 7. The van der Waals surface area contributed by atoms with Gasteiger partial charge in [-0.25, -0.2) is 4.98 Å². The number of fused-ring (bicyclic) bond motifs is 2. The van der Waals surface area contributed by atoms with Crippen molar-refractivity contribution in [3.8, 4) is 0 Å². The molecule has 1 aliphatic rings. The summed E-state index contributed by atoms with van der Waals surface area (Å²) in [5.41, 5.74) is 9.70.